The number of urea groups is 1. The summed E-state index contributed by atoms with van der Waals surface area (Å²) in [6.45, 7) is 3.26. The van der Waals surface area contributed by atoms with Crippen LogP contribution >= 0.6 is 0 Å². The van der Waals surface area contributed by atoms with Crippen LogP contribution in [-0.2, 0) is 20.9 Å². The summed E-state index contributed by atoms with van der Waals surface area (Å²) in [4.78, 5) is 49.9. The maximum atomic E-state index is 12.3. The summed E-state index contributed by atoms with van der Waals surface area (Å²) in [5.74, 6) is 0.0946. The van der Waals surface area contributed by atoms with E-state index in [1.165, 1.54) is 0 Å². The number of amides is 4. The van der Waals surface area contributed by atoms with Crippen molar-refractivity contribution in [3.63, 3.8) is 0 Å². The molecule has 0 spiro atoms. The summed E-state index contributed by atoms with van der Waals surface area (Å²) in [6, 6.07) is 5.61. The number of rotatable bonds is 4. The van der Waals surface area contributed by atoms with E-state index in [1.807, 2.05) is 0 Å². The Morgan fingerprint density at radius 3 is 2.59 bits per heavy atom. The predicted octanol–water partition coefficient (Wildman–Crippen LogP) is 0.976. The number of benzene rings is 1. The number of carbonyl (C=O) groups is 4. The highest BCUT2D eigenvalue weighted by Gasteiger charge is 2.37. The van der Waals surface area contributed by atoms with Crippen molar-refractivity contribution in [2.45, 2.75) is 26.4 Å². The Balaban J connectivity index is 0.000000817. The lowest BCUT2D eigenvalue weighted by atomic mass is 10.2. The molecule has 10 nitrogen and oxygen atoms in total. The molecule has 1 unspecified atom stereocenters. The van der Waals surface area contributed by atoms with Gasteiger partial charge in [-0.1, -0.05) is 12.1 Å². The molecular formula is C17H19N5O5. The Labute approximate surface area is 154 Å². The molecule has 2 heterocycles. The smallest absolute Gasteiger partial charge is 0.329 e. The van der Waals surface area contributed by atoms with Gasteiger partial charge in [-0.05, 0) is 26.0 Å². The largest absolute Gasteiger partial charge is 0.483 e. The maximum Gasteiger partial charge on any atom is 0.329 e. The third-order valence-electron chi connectivity index (χ3n) is 3.79. The van der Waals surface area contributed by atoms with E-state index in [9.17, 15) is 14.4 Å². The van der Waals surface area contributed by atoms with Crippen molar-refractivity contribution >= 4 is 35.7 Å². The zero-order chi connectivity index (χ0) is 20.0. The molecule has 1 aliphatic rings. The van der Waals surface area contributed by atoms with Crippen molar-refractivity contribution < 1.29 is 24.3 Å². The summed E-state index contributed by atoms with van der Waals surface area (Å²) in [5.41, 5.74) is 0.748. The van der Waals surface area contributed by atoms with Gasteiger partial charge in [-0.2, -0.15) is 0 Å². The first-order valence-electron chi connectivity index (χ1n) is 7.98. The minimum Gasteiger partial charge on any atom is -0.483 e. The second-order valence-electron chi connectivity index (χ2n) is 5.62. The van der Waals surface area contributed by atoms with Crippen molar-refractivity contribution in [2.75, 3.05) is 10.2 Å². The van der Waals surface area contributed by atoms with Crippen LogP contribution in [-0.4, -0.2) is 45.0 Å². The summed E-state index contributed by atoms with van der Waals surface area (Å²) >= 11 is 0. The van der Waals surface area contributed by atoms with Crippen LogP contribution in [0.2, 0.25) is 0 Å². The first-order valence-corrected chi connectivity index (χ1v) is 7.98. The number of aromatic nitrogens is 2. The lowest BCUT2D eigenvalue weighted by Crippen LogP contribution is -2.32. The second kappa shape index (κ2) is 8.61. The standard InChI is InChI=1S/C16H17N5O3.CH2O2/c1-10-15(23)21(16(24)18-10)13-6-4-3-5-12(13)19-14(22)9-20-8-7-17-11(20)2;2-1-3/h3-8,10H,9H2,1-2H3,(H,18,24)(H,19,22);1H,(H,2,3). The number of nitrogens with one attached hydrogen (secondary N) is 2. The zero-order valence-corrected chi connectivity index (χ0v) is 14.7. The maximum absolute atomic E-state index is 12.3. The predicted molar refractivity (Wildman–Crippen MR) is 96.2 cm³/mol. The number of hydrogen-bond acceptors (Lipinski definition) is 5. The van der Waals surface area contributed by atoms with Crippen LogP contribution in [0.4, 0.5) is 16.2 Å². The number of para-hydroxylation sites is 2. The van der Waals surface area contributed by atoms with Gasteiger partial charge in [0.2, 0.25) is 5.91 Å². The van der Waals surface area contributed by atoms with Crippen molar-refractivity contribution in [2.24, 2.45) is 0 Å². The van der Waals surface area contributed by atoms with Gasteiger partial charge in [0.05, 0.1) is 11.4 Å². The highest BCUT2D eigenvalue weighted by molar-refractivity contribution is 6.23. The van der Waals surface area contributed by atoms with Crippen molar-refractivity contribution in [3.05, 3.63) is 42.5 Å². The number of imide groups is 1. The third-order valence-corrected chi connectivity index (χ3v) is 3.79. The fourth-order valence-corrected chi connectivity index (χ4v) is 2.52. The van der Waals surface area contributed by atoms with Gasteiger partial charge in [-0.25, -0.2) is 14.7 Å². The van der Waals surface area contributed by atoms with Crippen LogP contribution in [0, 0.1) is 6.92 Å². The summed E-state index contributed by atoms with van der Waals surface area (Å²) in [6.07, 6.45) is 3.32. The van der Waals surface area contributed by atoms with Crippen molar-refractivity contribution in [1.82, 2.24) is 14.9 Å². The number of imidazole rings is 1. The molecule has 142 valence electrons. The molecule has 3 N–H and O–H groups in total. The molecule has 27 heavy (non-hydrogen) atoms. The quantitative estimate of drug-likeness (QED) is 0.540. The summed E-state index contributed by atoms with van der Waals surface area (Å²) in [7, 11) is 0. The monoisotopic (exact) mass is 373 g/mol. The Morgan fingerprint density at radius 2 is 2.04 bits per heavy atom. The Bertz CT molecular complexity index is 863. The molecule has 1 aromatic carbocycles. The molecule has 1 aliphatic heterocycles. The molecule has 1 aromatic heterocycles. The molecule has 10 heteroatoms. The number of aryl methyl sites for hydroxylation is 1. The number of carboxylic acid groups (broad SMARTS) is 1. The van der Waals surface area contributed by atoms with E-state index >= 15 is 0 Å². The molecule has 4 amide bonds. The average molecular weight is 373 g/mol. The second-order valence-corrected chi connectivity index (χ2v) is 5.62. The van der Waals surface area contributed by atoms with Crippen LogP contribution in [0.1, 0.15) is 12.7 Å². The summed E-state index contributed by atoms with van der Waals surface area (Å²) < 4.78 is 1.70. The highest BCUT2D eigenvalue weighted by atomic mass is 16.3. The molecular weight excluding hydrogens is 354 g/mol. The Hall–Kier alpha value is -3.69. The molecule has 2 aromatic rings. The molecule has 1 fully saturated rings. The Morgan fingerprint density at radius 1 is 1.37 bits per heavy atom. The molecule has 0 aliphatic carbocycles. The molecule has 0 bridgehead atoms. The fraction of sp³-hybridized carbons (Fsp3) is 0.235. The number of anilines is 2. The van der Waals surface area contributed by atoms with Gasteiger partial charge >= 0.3 is 6.03 Å². The minimum absolute atomic E-state index is 0.0940. The van der Waals surface area contributed by atoms with E-state index in [-0.39, 0.29) is 24.8 Å². The topological polar surface area (TPSA) is 134 Å². The van der Waals surface area contributed by atoms with Crippen LogP contribution in [0.15, 0.2) is 36.7 Å². The first kappa shape index (κ1) is 19.6. The lowest BCUT2D eigenvalue weighted by Gasteiger charge is -2.17. The lowest BCUT2D eigenvalue weighted by molar-refractivity contribution is -0.123. The molecule has 1 saturated heterocycles. The highest BCUT2D eigenvalue weighted by Crippen LogP contribution is 2.28. The van der Waals surface area contributed by atoms with Crippen molar-refractivity contribution in [1.29, 1.82) is 0 Å². The van der Waals surface area contributed by atoms with Crippen LogP contribution in [0.5, 0.6) is 0 Å². The van der Waals surface area contributed by atoms with Gasteiger partial charge in [0, 0.05) is 12.4 Å². The minimum atomic E-state index is -0.588. The average Bonchev–Trinajstić information content (AvgIpc) is 3.12. The fourth-order valence-electron chi connectivity index (χ4n) is 2.52. The van der Waals surface area contributed by atoms with E-state index in [2.05, 4.69) is 15.6 Å². The normalized spacial score (nSPS) is 15.6. The van der Waals surface area contributed by atoms with E-state index in [0.717, 1.165) is 10.7 Å². The number of carbonyl (C=O) groups excluding carboxylic acids is 3. The van der Waals surface area contributed by atoms with E-state index < -0.39 is 12.1 Å². The third kappa shape index (κ3) is 4.48. The molecule has 0 saturated carbocycles. The van der Waals surface area contributed by atoms with Gasteiger partial charge in [0.15, 0.2) is 0 Å². The Kier molecular flexibility index (Phi) is 6.26. The SMILES string of the molecule is Cc1nccn1CC(=O)Nc1ccccc1N1C(=O)NC(C)C1=O.O=CO. The van der Waals surface area contributed by atoms with E-state index in [4.69, 9.17) is 9.90 Å². The summed E-state index contributed by atoms with van der Waals surface area (Å²) in [5, 5.41) is 12.2. The number of nitrogens with zero attached hydrogens (tertiary/aromatic N) is 3. The van der Waals surface area contributed by atoms with E-state index in [1.54, 1.807) is 55.1 Å². The van der Waals surface area contributed by atoms with Crippen LogP contribution in [0.25, 0.3) is 0 Å². The van der Waals surface area contributed by atoms with Crippen LogP contribution in [0.3, 0.4) is 0 Å². The van der Waals surface area contributed by atoms with Gasteiger partial charge in [-0.15, -0.1) is 0 Å². The number of hydrogen-bond donors (Lipinski definition) is 3. The molecule has 3 rings (SSSR count). The van der Waals surface area contributed by atoms with Crippen molar-refractivity contribution in [3.8, 4) is 0 Å². The molecule has 0 radical (unpaired) electrons. The van der Waals surface area contributed by atoms with E-state index in [0.29, 0.717) is 11.4 Å². The van der Waals surface area contributed by atoms with Gasteiger partial charge in [0.25, 0.3) is 12.4 Å². The van der Waals surface area contributed by atoms with Crippen LogP contribution < -0.4 is 15.5 Å². The van der Waals surface area contributed by atoms with Gasteiger partial charge in [0.1, 0.15) is 18.4 Å². The zero-order valence-electron chi connectivity index (χ0n) is 14.7. The van der Waals surface area contributed by atoms with Gasteiger partial charge < -0.3 is 20.3 Å². The first-order chi connectivity index (χ1) is 12.9. The molecule has 1 atom stereocenters. The van der Waals surface area contributed by atoms with Gasteiger partial charge in [-0.3, -0.25) is 14.4 Å².